The number of carbonyl (C=O) groups excluding carboxylic acids is 1. The monoisotopic (exact) mass is 385 g/mol. The first-order valence-electron chi connectivity index (χ1n) is 5.28. The summed E-state index contributed by atoms with van der Waals surface area (Å²) in [6.45, 7) is 4.17. The van der Waals surface area contributed by atoms with Gasteiger partial charge in [0.1, 0.15) is 12.4 Å². The Morgan fingerprint density at radius 3 is 2.83 bits per heavy atom. The summed E-state index contributed by atoms with van der Waals surface area (Å²) >= 11 is 2.12. The molecular weight excluding hydrogens is 371 g/mol. The number of alkyl carbamates (subject to hydrolysis) is 1. The third kappa shape index (κ3) is 3.06. The number of cyclic esters (lactones) is 1. The summed E-state index contributed by atoms with van der Waals surface area (Å²) in [6.07, 6.45) is -0.493. The lowest BCUT2D eigenvalue weighted by atomic mass is 9.80. The van der Waals surface area contributed by atoms with Crippen molar-refractivity contribution in [2.24, 2.45) is 5.41 Å². The Bertz CT molecular complexity index is 467. The highest BCUT2D eigenvalue weighted by Crippen LogP contribution is 2.37. The highest BCUT2D eigenvalue weighted by molar-refractivity contribution is 14.1. The van der Waals surface area contributed by atoms with E-state index in [4.69, 9.17) is 4.74 Å². The molecule has 2 rings (SSSR count). The third-order valence-electron chi connectivity index (χ3n) is 2.89. The fourth-order valence-corrected chi connectivity index (χ4v) is 2.44. The molecule has 0 bridgehead atoms. The van der Waals surface area contributed by atoms with Crippen molar-refractivity contribution >= 4 is 41.1 Å². The molecule has 1 heterocycles. The summed E-state index contributed by atoms with van der Waals surface area (Å²) in [6, 6.07) is 4.52. The van der Waals surface area contributed by atoms with Gasteiger partial charge < -0.3 is 10.1 Å². The van der Waals surface area contributed by atoms with Crippen LogP contribution < -0.4 is 5.32 Å². The van der Waals surface area contributed by atoms with E-state index in [9.17, 15) is 9.18 Å². The number of benzene rings is 1. The minimum atomic E-state index is -0.493. The van der Waals surface area contributed by atoms with E-state index in [-0.39, 0.29) is 36.3 Å². The molecule has 0 radical (unpaired) electrons. The zero-order valence-corrected chi connectivity index (χ0v) is 13.0. The molecule has 0 aromatic heterocycles. The number of rotatable bonds is 1. The largest absolute Gasteiger partial charge is 0.449 e. The minimum absolute atomic E-state index is 0. The van der Waals surface area contributed by atoms with Crippen molar-refractivity contribution in [2.45, 2.75) is 19.9 Å². The van der Waals surface area contributed by atoms with Gasteiger partial charge in [-0.05, 0) is 40.8 Å². The number of amides is 1. The second-order valence-electron chi connectivity index (χ2n) is 4.81. The SMILES string of the molecule is CC1(C)COC(=O)N[C@@H]1c1cc(I)ccc1F.Cl. The lowest BCUT2D eigenvalue weighted by Crippen LogP contribution is -2.47. The Balaban J connectivity index is 0.00000162. The van der Waals surface area contributed by atoms with Gasteiger partial charge in [0.15, 0.2) is 0 Å². The summed E-state index contributed by atoms with van der Waals surface area (Å²) in [5.41, 5.74) is 0.178. The van der Waals surface area contributed by atoms with Crippen molar-refractivity contribution in [2.75, 3.05) is 6.61 Å². The Labute approximate surface area is 125 Å². The maximum Gasteiger partial charge on any atom is 0.407 e. The van der Waals surface area contributed by atoms with Crippen LogP contribution in [0.25, 0.3) is 0 Å². The lowest BCUT2D eigenvalue weighted by Gasteiger charge is -2.38. The average Bonchev–Trinajstić information content (AvgIpc) is 2.26. The summed E-state index contributed by atoms with van der Waals surface area (Å²) in [5, 5.41) is 2.69. The predicted octanol–water partition coefficient (Wildman–Crippen LogP) is 3.66. The van der Waals surface area contributed by atoms with Crippen LogP contribution in [0.5, 0.6) is 0 Å². The molecule has 1 aliphatic rings. The molecule has 1 aromatic carbocycles. The molecule has 1 atom stereocenters. The number of hydrogen-bond acceptors (Lipinski definition) is 2. The number of ether oxygens (including phenoxy) is 1. The normalized spacial score (nSPS) is 21.6. The van der Waals surface area contributed by atoms with Crippen LogP contribution in [0.3, 0.4) is 0 Å². The van der Waals surface area contributed by atoms with E-state index in [0.717, 1.165) is 3.57 Å². The Hall–Kier alpha value is -0.560. The van der Waals surface area contributed by atoms with Gasteiger partial charge in [0.25, 0.3) is 0 Å². The van der Waals surface area contributed by atoms with Crippen LogP contribution in [-0.4, -0.2) is 12.7 Å². The quantitative estimate of drug-likeness (QED) is 0.749. The fourth-order valence-electron chi connectivity index (χ4n) is 1.92. The standard InChI is InChI=1S/C12H13FINO2.ClH/c1-12(2)6-17-11(16)15-10(12)8-5-7(14)3-4-9(8)13;/h3-5,10H,6H2,1-2H3,(H,15,16);1H/t10-;/m1./s1. The highest BCUT2D eigenvalue weighted by atomic mass is 127. The molecule has 0 spiro atoms. The number of nitrogens with one attached hydrogen (secondary N) is 1. The number of carbonyl (C=O) groups is 1. The van der Waals surface area contributed by atoms with Gasteiger partial charge in [-0.25, -0.2) is 9.18 Å². The number of hydrogen-bond donors (Lipinski definition) is 1. The maximum absolute atomic E-state index is 13.8. The predicted molar refractivity (Wildman–Crippen MR) is 77.4 cm³/mol. The van der Waals surface area contributed by atoms with E-state index in [1.54, 1.807) is 12.1 Å². The molecular formula is C12H14ClFINO2. The van der Waals surface area contributed by atoms with Crippen molar-refractivity contribution < 1.29 is 13.9 Å². The van der Waals surface area contributed by atoms with Gasteiger partial charge in [-0.1, -0.05) is 13.8 Å². The van der Waals surface area contributed by atoms with E-state index in [2.05, 4.69) is 27.9 Å². The second-order valence-corrected chi connectivity index (χ2v) is 6.05. The smallest absolute Gasteiger partial charge is 0.407 e. The molecule has 0 aliphatic carbocycles. The first-order valence-corrected chi connectivity index (χ1v) is 6.36. The molecule has 1 aliphatic heterocycles. The first kappa shape index (κ1) is 15.5. The van der Waals surface area contributed by atoms with Gasteiger partial charge in [-0.15, -0.1) is 12.4 Å². The second kappa shape index (κ2) is 5.61. The summed E-state index contributed by atoms with van der Waals surface area (Å²) in [4.78, 5) is 11.3. The van der Waals surface area contributed by atoms with Crippen LogP contribution in [0, 0.1) is 14.8 Å². The van der Waals surface area contributed by atoms with E-state index >= 15 is 0 Å². The van der Waals surface area contributed by atoms with Crippen molar-refractivity contribution in [3.05, 3.63) is 33.1 Å². The van der Waals surface area contributed by atoms with Gasteiger partial charge in [0.05, 0.1) is 6.04 Å². The molecule has 1 amide bonds. The van der Waals surface area contributed by atoms with Crippen molar-refractivity contribution in [1.82, 2.24) is 5.32 Å². The molecule has 1 saturated heterocycles. The van der Waals surface area contributed by atoms with Crippen LogP contribution in [0.1, 0.15) is 25.5 Å². The molecule has 0 unspecified atom stereocenters. The van der Waals surface area contributed by atoms with Crippen LogP contribution in [0.15, 0.2) is 18.2 Å². The first-order chi connectivity index (χ1) is 7.90. The lowest BCUT2D eigenvalue weighted by molar-refractivity contribution is 0.0377. The van der Waals surface area contributed by atoms with Crippen LogP contribution in [0.4, 0.5) is 9.18 Å². The molecule has 18 heavy (non-hydrogen) atoms. The fraction of sp³-hybridized carbons (Fsp3) is 0.417. The zero-order chi connectivity index (χ0) is 12.6. The van der Waals surface area contributed by atoms with Gasteiger partial charge in [-0.2, -0.15) is 0 Å². The Kier molecular flexibility index (Phi) is 4.83. The molecule has 6 heteroatoms. The Morgan fingerprint density at radius 1 is 1.50 bits per heavy atom. The highest BCUT2D eigenvalue weighted by Gasteiger charge is 2.39. The maximum atomic E-state index is 13.8. The van der Waals surface area contributed by atoms with Crippen molar-refractivity contribution in [3.8, 4) is 0 Å². The summed E-state index contributed by atoms with van der Waals surface area (Å²) in [7, 11) is 0. The van der Waals surface area contributed by atoms with Gasteiger partial charge in [0, 0.05) is 14.5 Å². The minimum Gasteiger partial charge on any atom is -0.449 e. The average molecular weight is 386 g/mol. The van der Waals surface area contributed by atoms with Crippen LogP contribution in [-0.2, 0) is 4.74 Å². The number of halogens is 3. The van der Waals surface area contributed by atoms with E-state index in [1.165, 1.54) is 6.07 Å². The van der Waals surface area contributed by atoms with Crippen LogP contribution in [0.2, 0.25) is 0 Å². The molecule has 1 aromatic rings. The molecule has 3 nitrogen and oxygen atoms in total. The third-order valence-corrected chi connectivity index (χ3v) is 3.56. The topological polar surface area (TPSA) is 38.3 Å². The van der Waals surface area contributed by atoms with Gasteiger partial charge >= 0.3 is 6.09 Å². The zero-order valence-electron chi connectivity index (χ0n) is 10.00. The van der Waals surface area contributed by atoms with Crippen molar-refractivity contribution in [3.63, 3.8) is 0 Å². The molecule has 1 fully saturated rings. The van der Waals surface area contributed by atoms with E-state index in [1.807, 2.05) is 13.8 Å². The van der Waals surface area contributed by atoms with Crippen LogP contribution >= 0.6 is 35.0 Å². The summed E-state index contributed by atoms with van der Waals surface area (Å²) < 4.78 is 19.7. The summed E-state index contributed by atoms with van der Waals surface area (Å²) in [5.74, 6) is -0.300. The molecule has 100 valence electrons. The molecule has 1 N–H and O–H groups in total. The molecule has 0 saturated carbocycles. The Morgan fingerprint density at radius 2 is 2.17 bits per heavy atom. The van der Waals surface area contributed by atoms with E-state index < -0.39 is 6.09 Å². The van der Waals surface area contributed by atoms with Gasteiger partial charge in [-0.3, -0.25) is 0 Å². The van der Waals surface area contributed by atoms with Gasteiger partial charge in [0.2, 0.25) is 0 Å². The van der Waals surface area contributed by atoms with E-state index in [0.29, 0.717) is 5.56 Å². The van der Waals surface area contributed by atoms with Crippen molar-refractivity contribution in [1.29, 1.82) is 0 Å².